The number of hydrogen-bond donors (Lipinski definition) is 1. The number of nitrogens with one attached hydrogen (secondary N) is 1. The molecule has 31 heavy (non-hydrogen) atoms. The number of nitrogens with zero attached hydrogens (tertiary/aromatic N) is 1. The molecule has 0 saturated heterocycles. The van der Waals surface area contributed by atoms with Crippen LogP contribution in [0.3, 0.4) is 0 Å². The Morgan fingerprint density at radius 1 is 1.00 bits per heavy atom. The second kappa shape index (κ2) is 8.71. The highest BCUT2D eigenvalue weighted by Gasteiger charge is 2.38. The summed E-state index contributed by atoms with van der Waals surface area (Å²) in [5.74, 6) is 1.74. The van der Waals surface area contributed by atoms with Crippen molar-refractivity contribution in [1.82, 2.24) is 4.90 Å². The molecule has 2 aromatic rings. The summed E-state index contributed by atoms with van der Waals surface area (Å²) in [6.07, 6.45) is 0. The topological polar surface area (TPSA) is 77.1 Å². The van der Waals surface area contributed by atoms with E-state index >= 15 is 0 Å². The van der Waals surface area contributed by atoms with Gasteiger partial charge in [0.15, 0.2) is 11.5 Å². The van der Waals surface area contributed by atoms with E-state index in [1.807, 2.05) is 12.1 Å². The minimum absolute atomic E-state index is 0.249. The fourth-order valence-corrected chi connectivity index (χ4v) is 3.49. The third-order valence-corrected chi connectivity index (χ3v) is 5.02. The first-order valence-corrected chi connectivity index (χ1v) is 10.5. The molecular weight excluding hydrogens is 396 g/mol. The molecule has 2 amide bonds. The maximum atomic E-state index is 13.0. The van der Waals surface area contributed by atoms with E-state index in [4.69, 9.17) is 14.2 Å². The summed E-state index contributed by atoms with van der Waals surface area (Å²) in [5, 5.41) is 3.14. The largest absolute Gasteiger partial charge is 0.493 e. The standard InChI is InChI=1S/C24H26N2O5/c1-4-26-23(27)21(16-5-8-18(9-6-16)31-14-15(2)3)22(24(26)28)25-17-7-10-19-20(13-17)30-12-11-29-19/h5-10,13,15,25H,4,11-12,14H2,1-3H3. The molecule has 0 fully saturated rings. The van der Waals surface area contributed by atoms with Crippen molar-refractivity contribution in [3.8, 4) is 17.2 Å². The van der Waals surface area contributed by atoms with Gasteiger partial charge in [-0.2, -0.15) is 0 Å². The maximum Gasteiger partial charge on any atom is 0.278 e. The van der Waals surface area contributed by atoms with Gasteiger partial charge in [-0.05, 0) is 42.7 Å². The predicted octanol–water partition coefficient (Wildman–Crippen LogP) is 3.70. The number of imide groups is 1. The second-order valence-corrected chi connectivity index (χ2v) is 7.82. The van der Waals surface area contributed by atoms with E-state index in [9.17, 15) is 9.59 Å². The molecule has 0 aliphatic carbocycles. The molecule has 2 aromatic carbocycles. The summed E-state index contributed by atoms with van der Waals surface area (Å²) in [6.45, 7) is 7.82. The summed E-state index contributed by atoms with van der Waals surface area (Å²) in [7, 11) is 0. The predicted molar refractivity (Wildman–Crippen MR) is 117 cm³/mol. The average Bonchev–Trinajstić information content (AvgIpc) is 3.01. The molecule has 2 heterocycles. The number of ether oxygens (including phenoxy) is 3. The number of amides is 2. The van der Waals surface area contributed by atoms with Gasteiger partial charge in [-0.3, -0.25) is 14.5 Å². The molecule has 1 N–H and O–H groups in total. The summed E-state index contributed by atoms with van der Waals surface area (Å²) in [5.41, 5.74) is 1.90. The number of anilines is 1. The van der Waals surface area contributed by atoms with Gasteiger partial charge in [0.2, 0.25) is 0 Å². The van der Waals surface area contributed by atoms with Gasteiger partial charge in [0.1, 0.15) is 24.7 Å². The Bertz CT molecular complexity index is 1030. The van der Waals surface area contributed by atoms with Crippen LogP contribution in [0.25, 0.3) is 5.57 Å². The molecule has 0 saturated carbocycles. The highest BCUT2D eigenvalue weighted by Crippen LogP contribution is 2.35. The van der Waals surface area contributed by atoms with Crippen LogP contribution in [0.5, 0.6) is 17.2 Å². The van der Waals surface area contributed by atoms with Gasteiger partial charge in [-0.1, -0.05) is 26.0 Å². The van der Waals surface area contributed by atoms with E-state index in [2.05, 4.69) is 19.2 Å². The van der Waals surface area contributed by atoms with Gasteiger partial charge >= 0.3 is 0 Å². The minimum Gasteiger partial charge on any atom is -0.493 e. The smallest absolute Gasteiger partial charge is 0.278 e. The Morgan fingerprint density at radius 2 is 1.71 bits per heavy atom. The van der Waals surface area contributed by atoms with E-state index in [-0.39, 0.29) is 17.5 Å². The van der Waals surface area contributed by atoms with Gasteiger partial charge in [-0.15, -0.1) is 0 Å². The van der Waals surface area contributed by atoms with Crippen molar-refractivity contribution in [1.29, 1.82) is 0 Å². The first kappa shape index (κ1) is 20.8. The fraction of sp³-hybridized carbons (Fsp3) is 0.333. The molecule has 7 heteroatoms. The van der Waals surface area contributed by atoms with Gasteiger partial charge < -0.3 is 19.5 Å². The first-order chi connectivity index (χ1) is 15.0. The highest BCUT2D eigenvalue weighted by atomic mass is 16.6. The Labute approximate surface area is 181 Å². The van der Waals surface area contributed by atoms with Crippen LogP contribution in [0.1, 0.15) is 26.3 Å². The third kappa shape index (κ3) is 4.21. The molecule has 0 aromatic heterocycles. The molecule has 162 valence electrons. The van der Waals surface area contributed by atoms with Gasteiger partial charge in [0.05, 0.1) is 12.2 Å². The van der Waals surface area contributed by atoms with E-state index in [1.165, 1.54) is 4.90 Å². The van der Waals surface area contributed by atoms with Gasteiger partial charge in [0.25, 0.3) is 11.8 Å². The Kier molecular flexibility index (Phi) is 5.84. The van der Waals surface area contributed by atoms with Crippen molar-refractivity contribution in [2.75, 3.05) is 31.7 Å². The van der Waals surface area contributed by atoms with Crippen molar-refractivity contribution >= 4 is 23.1 Å². The number of likely N-dealkylation sites (N-methyl/N-ethyl adjacent to an activating group) is 1. The Hall–Kier alpha value is -3.48. The summed E-state index contributed by atoms with van der Waals surface area (Å²) in [4.78, 5) is 27.2. The molecule has 7 nitrogen and oxygen atoms in total. The lowest BCUT2D eigenvalue weighted by molar-refractivity contribution is -0.136. The van der Waals surface area contributed by atoms with Crippen LogP contribution in [0.4, 0.5) is 5.69 Å². The van der Waals surface area contributed by atoms with Crippen LogP contribution in [0.2, 0.25) is 0 Å². The van der Waals surface area contributed by atoms with Crippen LogP contribution in [0, 0.1) is 5.92 Å². The molecule has 0 radical (unpaired) electrons. The Morgan fingerprint density at radius 3 is 2.39 bits per heavy atom. The van der Waals surface area contributed by atoms with Crippen LogP contribution in [-0.2, 0) is 9.59 Å². The molecule has 2 aliphatic rings. The van der Waals surface area contributed by atoms with E-state index in [0.717, 1.165) is 5.75 Å². The molecule has 0 spiro atoms. The zero-order valence-electron chi connectivity index (χ0n) is 17.9. The lowest BCUT2D eigenvalue weighted by Gasteiger charge is -2.19. The zero-order chi connectivity index (χ0) is 22.0. The number of benzene rings is 2. The monoisotopic (exact) mass is 422 g/mol. The minimum atomic E-state index is -0.350. The molecular formula is C24H26N2O5. The number of carbonyl (C=O) groups is 2. The van der Waals surface area contributed by atoms with E-state index in [0.29, 0.717) is 60.6 Å². The zero-order valence-corrected chi connectivity index (χ0v) is 17.9. The molecule has 0 unspecified atom stereocenters. The molecule has 0 atom stereocenters. The van der Waals surface area contributed by atoms with Crippen molar-refractivity contribution in [2.45, 2.75) is 20.8 Å². The first-order valence-electron chi connectivity index (χ1n) is 10.5. The number of hydrogen-bond acceptors (Lipinski definition) is 6. The normalized spacial score (nSPS) is 15.7. The second-order valence-electron chi connectivity index (χ2n) is 7.82. The van der Waals surface area contributed by atoms with Crippen molar-refractivity contribution in [2.24, 2.45) is 5.92 Å². The number of rotatable bonds is 7. The number of fused-ring (bicyclic) bond motifs is 1. The Balaban J connectivity index is 1.66. The van der Waals surface area contributed by atoms with E-state index in [1.54, 1.807) is 37.3 Å². The van der Waals surface area contributed by atoms with Crippen molar-refractivity contribution < 1.29 is 23.8 Å². The van der Waals surface area contributed by atoms with Crippen molar-refractivity contribution in [3.63, 3.8) is 0 Å². The van der Waals surface area contributed by atoms with Crippen LogP contribution in [0.15, 0.2) is 48.2 Å². The highest BCUT2D eigenvalue weighted by molar-refractivity contribution is 6.36. The van der Waals surface area contributed by atoms with Gasteiger partial charge in [0, 0.05) is 18.3 Å². The third-order valence-electron chi connectivity index (χ3n) is 5.02. The van der Waals surface area contributed by atoms with Crippen LogP contribution < -0.4 is 19.5 Å². The SMILES string of the molecule is CCN1C(=O)C(Nc2ccc3c(c2)OCCO3)=C(c2ccc(OCC(C)C)cc2)C1=O. The summed E-state index contributed by atoms with van der Waals surface area (Å²) >= 11 is 0. The quantitative estimate of drug-likeness (QED) is 0.686. The van der Waals surface area contributed by atoms with Crippen molar-refractivity contribution in [3.05, 3.63) is 53.7 Å². The lowest BCUT2D eigenvalue weighted by Crippen LogP contribution is -2.32. The molecule has 0 bridgehead atoms. The van der Waals surface area contributed by atoms with Crippen LogP contribution >= 0.6 is 0 Å². The lowest BCUT2D eigenvalue weighted by atomic mass is 10.0. The fourth-order valence-electron chi connectivity index (χ4n) is 3.49. The molecule has 4 rings (SSSR count). The van der Waals surface area contributed by atoms with E-state index < -0.39 is 0 Å². The van der Waals surface area contributed by atoms with Gasteiger partial charge in [-0.25, -0.2) is 0 Å². The van der Waals surface area contributed by atoms with Crippen LogP contribution in [-0.4, -0.2) is 43.1 Å². The summed E-state index contributed by atoms with van der Waals surface area (Å²) in [6, 6.07) is 12.6. The number of carbonyl (C=O) groups excluding carboxylic acids is 2. The average molecular weight is 422 g/mol. The maximum absolute atomic E-state index is 13.0. The molecule has 2 aliphatic heterocycles. The summed E-state index contributed by atoms with van der Waals surface area (Å²) < 4.78 is 16.9.